The monoisotopic (exact) mass is 504 g/mol. The van der Waals surface area contributed by atoms with E-state index in [0.717, 1.165) is 29.7 Å². The fourth-order valence-corrected chi connectivity index (χ4v) is 5.39. The first-order valence-corrected chi connectivity index (χ1v) is 13.3. The molecule has 0 saturated carbocycles. The molecule has 1 aliphatic rings. The van der Waals surface area contributed by atoms with Gasteiger partial charge in [0.25, 0.3) is 11.8 Å². The summed E-state index contributed by atoms with van der Waals surface area (Å²) < 4.78 is 10.4. The van der Waals surface area contributed by atoms with E-state index in [2.05, 4.69) is 10.6 Å². The average molecular weight is 505 g/mol. The third kappa shape index (κ3) is 6.60. The zero-order chi connectivity index (χ0) is 24.5. The lowest BCUT2D eigenvalue weighted by molar-refractivity contribution is -0.149. The van der Waals surface area contributed by atoms with E-state index in [1.165, 1.54) is 23.1 Å². The van der Waals surface area contributed by atoms with E-state index in [0.29, 0.717) is 28.3 Å². The van der Waals surface area contributed by atoms with E-state index >= 15 is 0 Å². The average Bonchev–Trinajstić information content (AvgIpc) is 3.41. The molecule has 0 aliphatic heterocycles. The van der Waals surface area contributed by atoms with Gasteiger partial charge in [-0.25, -0.2) is 9.59 Å². The number of amides is 2. The number of thiophene rings is 1. The Morgan fingerprint density at radius 2 is 1.88 bits per heavy atom. The first-order valence-electron chi connectivity index (χ1n) is 11.1. The Morgan fingerprint density at radius 3 is 2.59 bits per heavy atom. The fourth-order valence-electron chi connectivity index (χ4n) is 3.63. The van der Waals surface area contributed by atoms with Crippen molar-refractivity contribution in [2.45, 2.75) is 38.6 Å². The maximum absolute atomic E-state index is 12.6. The minimum Gasteiger partial charge on any atom is -0.462 e. The molecular formula is C24H28N2O6S2. The van der Waals surface area contributed by atoms with Gasteiger partial charge in [0, 0.05) is 10.4 Å². The van der Waals surface area contributed by atoms with Crippen molar-refractivity contribution >= 4 is 51.9 Å². The van der Waals surface area contributed by atoms with Crippen LogP contribution >= 0.6 is 23.1 Å². The largest absolute Gasteiger partial charge is 0.462 e. The van der Waals surface area contributed by atoms with Crippen LogP contribution in [0, 0.1) is 0 Å². The lowest BCUT2D eigenvalue weighted by atomic mass is 10.1. The second kappa shape index (κ2) is 12.6. The summed E-state index contributed by atoms with van der Waals surface area (Å²) in [5, 5.41) is 5.80. The van der Waals surface area contributed by atoms with Crippen LogP contribution in [0.5, 0.6) is 0 Å². The van der Waals surface area contributed by atoms with Gasteiger partial charge in [-0.1, -0.05) is 18.2 Å². The van der Waals surface area contributed by atoms with E-state index in [1.807, 2.05) is 6.26 Å². The quantitative estimate of drug-likeness (QED) is 0.451. The molecule has 0 spiro atoms. The first-order chi connectivity index (χ1) is 16.4. The van der Waals surface area contributed by atoms with Crippen molar-refractivity contribution in [3.8, 4) is 0 Å². The van der Waals surface area contributed by atoms with Crippen LogP contribution in [0.1, 0.15) is 50.9 Å². The molecule has 1 heterocycles. The molecule has 2 N–H and O–H groups in total. The molecule has 182 valence electrons. The zero-order valence-corrected chi connectivity index (χ0v) is 20.8. The molecule has 10 heteroatoms. The topological polar surface area (TPSA) is 111 Å². The van der Waals surface area contributed by atoms with Gasteiger partial charge in [0.15, 0.2) is 6.61 Å². The second-order valence-electron chi connectivity index (χ2n) is 7.61. The van der Waals surface area contributed by atoms with Crippen molar-refractivity contribution in [1.82, 2.24) is 5.32 Å². The van der Waals surface area contributed by atoms with Crippen LogP contribution in [0.4, 0.5) is 5.00 Å². The second-order valence-corrected chi connectivity index (χ2v) is 9.70. The number of rotatable bonds is 11. The SMILES string of the molecule is CCOC(=O)c1c(NC(=O)COC(=O)C(CCSC)NC(=O)c2ccccc2)sc2c1CCC2. The summed E-state index contributed by atoms with van der Waals surface area (Å²) in [6, 6.07) is 7.69. The molecule has 1 aliphatic carbocycles. The van der Waals surface area contributed by atoms with Gasteiger partial charge in [0.05, 0.1) is 12.2 Å². The van der Waals surface area contributed by atoms with Crippen molar-refractivity contribution in [3.63, 3.8) is 0 Å². The highest BCUT2D eigenvalue weighted by Crippen LogP contribution is 2.39. The number of carbonyl (C=O) groups is 4. The van der Waals surface area contributed by atoms with E-state index in [4.69, 9.17) is 9.47 Å². The lowest BCUT2D eigenvalue weighted by Crippen LogP contribution is -2.43. The third-order valence-corrected chi connectivity index (χ3v) is 7.09. The van der Waals surface area contributed by atoms with Gasteiger partial charge in [-0.3, -0.25) is 9.59 Å². The number of benzene rings is 1. The summed E-state index contributed by atoms with van der Waals surface area (Å²) in [4.78, 5) is 51.2. The summed E-state index contributed by atoms with van der Waals surface area (Å²) in [5.41, 5.74) is 1.75. The molecule has 8 nitrogen and oxygen atoms in total. The Bertz CT molecular complexity index is 1040. The summed E-state index contributed by atoms with van der Waals surface area (Å²) in [6.45, 7) is 1.44. The van der Waals surface area contributed by atoms with E-state index in [-0.39, 0.29) is 12.5 Å². The van der Waals surface area contributed by atoms with Gasteiger partial charge in [-0.15, -0.1) is 11.3 Å². The summed E-state index contributed by atoms with van der Waals surface area (Å²) in [7, 11) is 0. The van der Waals surface area contributed by atoms with Crippen molar-refractivity contribution < 1.29 is 28.7 Å². The van der Waals surface area contributed by atoms with Crippen molar-refractivity contribution in [2.75, 3.05) is 30.5 Å². The molecule has 0 saturated heterocycles. The van der Waals surface area contributed by atoms with Crippen LogP contribution in [-0.2, 0) is 31.9 Å². The highest BCUT2D eigenvalue weighted by molar-refractivity contribution is 7.98. The Kier molecular flexibility index (Phi) is 9.52. The molecule has 0 fully saturated rings. The lowest BCUT2D eigenvalue weighted by Gasteiger charge is -2.17. The Labute approximate surface area is 206 Å². The van der Waals surface area contributed by atoms with Gasteiger partial charge < -0.3 is 20.1 Å². The molecule has 1 aromatic heterocycles. The van der Waals surface area contributed by atoms with Gasteiger partial charge in [0.1, 0.15) is 11.0 Å². The Hall–Kier alpha value is -2.85. The summed E-state index contributed by atoms with van der Waals surface area (Å²) in [6.07, 6.45) is 4.85. The van der Waals surface area contributed by atoms with Crippen molar-refractivity contribution in [3.05, 3.63) is 51.9 Å². The van der Waals surface area contributed by atoms with Gasteiger partial charge in [-0.05, 0) is 62.3 Å². The number of anilines is 1. The van der Waals surface area contributed by atoms with Gasteiger partial charge in [-0.2, -0.15) is 11.8 Å². The van der Waals surface area contributed by atoms with Crippen LogP contribution in [-0.4, -0.2) is 55.0 Å². The van der Waals surface area contributed by atoms with E-state index in [1.54, 1.807) is 37.3 Å². The predicted octanol–water partition coefficient (Wildman–Crippen LogP) is 3.45. The molecule has 3 rings (SSSR count). The highest BCUT2D eigenvalue weighted by Gasteiger charge is 2.29. The number of fused-ring (bicyclic) bond motifs is 1. The number of ether oxygens (including phenoxy) is 2. The van der Waals surface area contributed by atoms with E-state index in [9.17, 15) is 19.2 Å². The van der Waals surface area contributed by atoms with Crippen molar-refractivity contribution in [1.29, 1.82) is 0 Å². The van der Waals surface area contributed by atoms with Crippen LogP contribution < -0.4 is 10.6 Å². The Morgan fingerprint density at radius 1 is 1.12 bits per heavy atom. The number of hydrogen-bond donors (Lipinski definition) is 2. The number of aryl methyl sites for hydroxylation is 1. The molecule has 1 atom stereocenters. The van der Waals surface area contributed by atoms with Gasteiger partial charge in [0.2, 0.25) is 0 Å². The summed E-state index contributed by atoms with van der Waals surface area (Å²) in [5.74, 6) is -1.47. The number of thioether (sulfide) groups is 1. The normalized spacial score (nSPS) is 13.0. The number of esters is 2. The molecule has 0 bridgehead atoms. The van der Waals surface area contributed by atoms with E-state index < -0.39 is 30.5 Å². The minimum atomic E-state index is -0.881. The van der Waals surface area contributed by atoms with Gasteiger partial charge >= 0.3 is 11.9 Å². The minimum absolute atomic E-state index is 0.237. The number of hydrogen-bond acceptors (Lipinski definition) is 8. The fraction of sp³-hybridized carbons (Fsp3) is 0.417. The maximum atomic E-state index is 12.6. The maximum Gasteiger partial charge on any atom is 0.341 e. The summed E-state index contributed by atoms with van der Waals surface area (Å²) >= 11 is 2.89. The smallest absolute Gasteiger partial charge is 0.341 e. The standard InChI is InChI=1S/C24H28N2O6S2/c1-3-31-24(30)20-16-10-7-11-18(16)34-22(20)26-19(27)14-32-23(29)17(12-13-33-2)25-21(28)15-8-5-4-6-9-15/h4-6,8-9,17H,3,7,10-14H2,1-2H3,(H,25,28)(H,26,27). The number of carbonyl (C=O) groups excluding carboxylic acids is 4. The first kappa shape index (κ1) is 25.8. The van der Waals surface area contributed by atoms with Crippen LogP contribution in [0.25, 0.3) is 0 Å². The third-order valence-electron chi connectivity index (χ3n) is 5.24. The molecule has 34 heavy (non-hydrogen) atoms. The molecular weight excluding hydrogens is 476 g/mol. The van der Waals surface area contributed by atoms with Crippen LogP contribution in [0.3, 0.4) is 0 Å². The zero-order valence-electron chi connectivity index (χ0n) is 19.2. The number of nitrogens with one attached hydrogen (secondary N) is 2. The molecule has 0 radical (unpaired) electrons. The highest BCUT2D eigenvalue weighted by atomic mass is 32.2. The molecule has 1 aromatic carbocycles. The van der Waals surface area contributed by atoms with Crippen LogP contribution in [0.15, 0.2) is 30.3 Å². The predicted molar refractivity (Wildman–Crippen MR) is 133 cm³/mol. The molecule has 2 aromatic rings. The van der Waals surface area contributed by atoms with Crippen molar-refractivity contribution in [2.24, 2.45) is 0 Å². The molecule has 2 amide bonds. The van der Waals surface area contributed by atoms with Crippen LogP contribution in [0.2, 0.25) is 0 Å². The molecule has 1 unspecified atom stereocenters. The Balaban J connectivity index is 1.61.